The van der Waals surface area contributed by atoms with Crippen molar-refractivity contribution >= 4 is 29.1 Å². The maximum atomic E-state index is 11.8. The molecule has 1 fully saturated rings. The van der Waals surface area contributed by atoms with Gasteiger partial charge in [0.1, 0.15) is 0 Å². The molecule has 2 rings (SSSR count). The summed E-state index contributed by atoms with van der Waals surface area (Å²) < 4.78 is 0. The highest BCUT2D eigenvalue weighted by molar-refractivity contribution is 6.30. The molecule has 2 unspecified atom stereocenters. The first-order valence-electron chi connectivity index (χ1n) is 5.84. The van der Waals surface area contributed by atoms with Gasteiger partial charge in [0.25, 0.3) is 5.91 Å². The lowest BCUT2D eigenvalue weighted by Gasteiger charge is -2.14. The van der Waals surface area contributed by atoms with Gasteiger partial charge in [0, 0.05) is 22.5 Å². The summed E-state index contributed by atoms with van der Waals surface area (Å²) in [6.07, 6.45) is 3.31. The van der Waals surface area contributed by atoms with Crippen LogP contribution in [0, 0.1) is 5.92 Å². The molecule has 1 N–H and O–H groups in total. The van der Waals surface area contributed by atoms with Crippen LogP contribution in [0.1, 0.15) is 29.6 Å². The van der Waals surface area contributed by atoms with Crippen LogP contribution >= 0.6 is 23.2 Å². The van der Waals surface area contributed by atoms with Gasteiger partial charge in [-0.25, -0.2) is 0 Å². The summed E-state index contributed by atoms with van der Waals surface area (Å²) in [5, 5.41) is 3.70. The molecule has 0 aromatic heterocycles. The summed E-state index contributed by atoms with van der Waals surface area (Å²) in [7, 11) is 0. The van der Waals surface area contributed by atoms with Crippen LogP contribution in [0.3, 0.4) is 0 Å². The number of amides is 1. The van der Waals surface area contributed by atoms with Crippen molar-refractivity contribution < 1.29 is 4.79 Å². The molecular weight excluding hydrogens is 257 g/mol. The Labute approximate surface area is 111 Å². The van der Waals surface area contributed by atoms with Crippen LogP contribution in [0.15, 0.2) is 24.3 Å². The molecule has 0 radical (unpaired) electrons. The van der Waals surface area contributed by atoms with Crippen molar-refractivity contribution in [2.75, 3.05) is 6.54 Å². The van der Waals surface area contributed by atoms with E-state index in [9.17, 15) is 4.79 Å². The van der Waals surface area contributed by atoms with E-state index in [-0.39, 0.29) is 11.3 Å². The third-order valence-corrected chi connectivity index (χ3v) is 3.99. The quantitative estimate of drug-likeness (QED) is 0.838. The SMILES string of the molecule is O=C(NCC1CCCC1Cl)c1cccc(Cl)c1. The van der Waals surface area contributed by atoms with Crippen molar-refractivity contribution in [1.82, 2.24) is 5.32 Å². The van der Waals surface area contributed by atoms with Crippen LogP contribution in [-0.4, -0.2) is 17.8 Å². The highest BCUT2D eigenvalue weighted by atomic mass is 35.5. The fraction of sp³-hybridized carbons (Fsp3) is 0.462. The summed E-state index contributed by atoms with van der Waals surface area (Å²) in [6.45, 7) is 0.652. The molecule has 0 heterocycles. The number of benzene rings is 1. The van der Waals surface area contributed by atoms with Crippen molar-refractivity contribution in [3.05, 3.63) is 34.9 Å². The monoisotopic (exact) mass is 271 g/mol. The number of hydrogen-bond acceptors (Lipinski definition) is 1. The summed E-state index contributed by atoms with van der Waals surface area (Å²) in [5.41, 5.74) is 0.599. The van der Waals surface area contributed by atoms with Gasteiger partial charge in [0.15, 0.2) is 0 Å². The second kappa shape index (κ2) is 5.74. The smallest absolute Gasteiger partial charge is 0.251 e. The molecule has 1 amide bonds. The highest BCUT2D eigenvalue weighted by Crippen LogP contribution is 2.29. The van der Waals surface area contributed by atoms with Gasteiger partial charge in [0.2, 0.25) is 0 Å². The minimum atomic E-state index is -0.0803. The normalized spacial score (nSPS) is 23.6. The Bertz CT molecular complexity index is 408. The van der Waals surface area contributed by atoms with Gasteiger partial charge in [0.05, 0.1) is 0 Å². The fourth-order valence-corrected chi connectivity index (χ4v) is 2.74. The molecule has 0 aliphatic heterocycles. The number of carbonyl (C=O) groups is 1. The van der Waals surface area contributed by atoms with E-state index in [2.05, 4.69) is 5.32 Å². The predicted octanol–water partition coefficient (Wildman–Crippen LogP) is 3.48. The predicted molar refractivity (Wildman–Crippen MR) is 70.8 cm³/mol. The molecule has 1 aromatic rings. The first-order valence-corrected chi connectivity index (χ1v) is 6.66. The first-order chi connectivity index (χ1) is 8.16. The molecule has 1 saturated carbocycles. The zero-order chi connectivity index (χ0) is 12.3. The number of nitrogens with one attached hydrogen (secondary N) is 1. The average Bonchev–Trinajstić information content (AvgIpc) is 2.72. The minimum absolute atomic E-state index is 0.0803. The Morgan fingerprint density at radius 3 is 2.88 bits per heavy atom. The molecule has 0 saturated heterocycles. The second-order valence-electron chi connectivity index (χ2n) is 4.43. The fourth-order valence-electron chi connectivity index (χ4n) is 2.18. The lowest BCUT2D eigenvalue weighted by atomic mass is 10.1. The van der Waals surface area contributed by atoms with Crippen LogP contribution in [0.4, 0.5) is 0 Å². The van der Waals surface area contributed by atoms with Gasteiger partial charge in [-0.15, -0.1) is 11.6 Å². The van der Waals surface area contributed by atoms with Crippen LogP contribution in [0.25, 0.3) is 0 Å². The number of hydrogen-bond donors (Lipinski definition) is 1. The zero-order valence-electron chi connectivity index (χ0n) is 9.46. The molecule has 92 valence electrons. The van der Waals surface area contributed by atoms with Gasteiger partial charge >= 0.3 is 0 Å². The summed E-state index contributed by atoms with van der Waals surface area (Å²) in [4.78, 5) is 11.8. The zero-order valence-corrected chi connectivity index (χ0v) is 11.0. The maximum Gasteiger partial charge on any atom is 0.251 e. The topological polar surface area (TPSA) is 29.1 Å². The third-order valence-electron chi connectivity index (χ3n) is 3.18. The van der Waals surface area contributed by atoms with E-state index in [0.717, 1.165) is 19.3 Å². The van der Waals surface area contributed by atoms with Gasteiger partial charge in [-0.1, -0.05) is 24.1 Å². The Balaban J connectivity index is 1.89. The molecular formula is C13H15Cl2NO. The first kappa shape index (κ1) is 12.7. The molecule has 1 aliphatic rings. The molecule has 1 aliphatic carbocycles. The Hall–Kier alpha value is -0.730. The van der Waals surface area contributed by atoms with E-state index >= 15 is 0 Å². The van der Waals surface area contributed by atoms with Gasteiger partial charge in [-0.3, -0.25) is 4.79 Å². The summed E-state index contributed by atoms with van der Waals surface area (Å²) in [5.74, 6) is 0.322. The van der Waals surface area contributed by atoms with Crippen molar-refractivity contribution in [2.45, 2.75) is 24.6 Å². The van der Waals surface area contributed by atoms with Crippen molar-refractivity contribution in [2.24, 2.45) is 5.92 Å². The maximum absolute atomic E-state index is 11.8. The molecule has 2 nitrogen and oxygen atoms in total. The van der Waals surface area contributed by atoms with Crippen molar-refractivity contribution in [3.63, 3.8) is 0 Å². The highest BCUT2D eigenvalue weighted by Gasteiger charge is 2.25. The van der Waals surface area contributed by atoms with Crippen molar-refractivity contribution in [3.8, 4) is 0 Å². The van der Waals surface area contributed by atoms with E-state index in [0.29, 0.717) is 23.0 Å². The lowest BCUT2D eigenvalue weighted by molar-refractivity contribution is 0.0947. The van der Waals surface area contributed by atoms with Gasteiger partial charge in [-0.05, 0) is 37.0 Å². The Morgan fingerprint density at radius 2 is 2.24 bits per heavy atom. The number of alkyl halides is 1. The molecule has 4 heteroatoms. The molecule has 1 aromatic carbocycles. The van der Waals surface area contributed by atoms with Crippen LogP contribution in [0.2, 0.25) is 5.02 Å². The van der Waals surface area contributed by atoms with Gasteiger partial charge in [-0.2, -0.15) is 0 Å². The standard InChI is InChI=1S/C13H15Cl2NO/c14-11-5-1-3-9(7-11)13(17)16-8-10-4-2-6-12(10)15/h1,3,5,7,10,12H,2,4,6,8H2,(H,16,17). The largest absolute Gasteiger partial charge is 0.352 e. The van der Waals surface area contributed by atoms with Crippen LogP contribution < -0.4 is 5.32 Å². The molecule has 17 heavy (non-hydrogen) atoms. The molecule has 2 atom stereocenters. The Morgan fingerprint density at radius 1 is 1.41 bits per heavy atom. The van der Waals surface area contributed by atoms with Crippen molar-refractivity contribution in [1.29, 1.82) is 0 Å². The van der Waals surface area contributed by atoms with E-state index in [1.807, 2.05) is 0 Å². The lowest BCUT2D eigenvalue weighted by Crippen LogP contribution is -2.31. The average molecular weight is 272 g/mol. The second-order valence-corrected chi connectivity index (χ2v) is 5.42. The van der Waals surface area contributed by atoms with E-state index in [4.69, 9.17) is 23.2 Å². The molecule has 0 spiro atoms. The number of rotatable bonds is 3. The summed E-state index contributed by atoms with van der Waals surface area (Å²) >= 11 is 12.0. The number of carbonyl (C=O) groups excluding carboxylic acids is 1. The van der Waals surface area contributed by atoms with Gasteiger partial charge < -0.3 is 5.32 Å². The van der Waals surface area contributed by atoms with E-state index in [1.165, 1.54) is 0 Å². The third kappa shape index (κ3) is 3.36. The van der Waals surface area contributed by atoms with E-state index in [1.54, 1.807) is 24.3 Å². The summed E-state index contributed by atoms with van der Waals surface area (Å²) in [6, 6.07) is 6.96. The number of halogens is 2. The minimum Gasteiger partial charge on any atom is -0.352 e. The molecule has 0 bridgehead atoms. The van der Waals surface area contributed by atoms with E-state index < -0.39 is 0 Å². The Kier molecular flexibility index (Phi) is 4.30. The van der Waals surface area contributed by atoms with Crippen LogP contribution in [0.5, 0.6) is 0 Å². The van der Waals surface area contributed by atoms with Crippen LogP contribution in [-0.2, 0) is 0 Å².